The molecule has 0 spiro atoms. The van der Waals surface area contributed by atoms with Gasteiger partial charge in [-0.05, 0) is 74.2 Å². The van der Waals surface area contributed by atoms with Gasteiger partial charge in [0.2, 0.25) is 0 Å². The fraction of sp³-hybridized carbons (Fsp3) is 0.278. The second-order valence-corrected chi connectivity index (χ2v) is 7.67. The fourth-order valence-electron chi connectivity index (χ4n) is 2.79. The highest BCUT2D eigenvalue weighted by Gasteiger charge is 2.17. The third-order valence-corrected chi connectivity index (χ3v) is 5.52. The Kier molecular flexibility index (Phi) is 4.94. The van der Waals surface area contributed by atoms with Gasteiger partial charge in [0.05, 0.1) is 16.6 Å². The van der Waals surface area contributed by atoms with Gasteiger partial charge in [0.25, 0.3) is 10.0 Å². The molecule has 1 aliphatic rings. The molecule has 6 nitrogen and oxygen atoms in total. The summed E-state index contributed by atoms with van der Waals surface area (Å²) in [4.78, 5) is 10.8. The first-order valence-electron chi connectivity index (χ1n) is 8.07. The molecule has 2 aromatic carbocycles. The number of nitrogens with one attached hydrogen (secondary N) is 1. The number of aromatic carboxylic acids is 1. The zero-order valence-corrected chi connectivity index (χ0v) is 14.3. The van der Waals surface area contributed by atoms with Crippen LogP contribution >= 0.6 is 0 Å². The zero-order valence-electron chi connectivity index (χ0n) is 13.5. The van der Waals surface area contributed by atoms with E-state index >= 15 is 0 Å². The highest BCUT2D eigenvalue weighted by molar-refractivity contribution is 7.92. The summed E-state index contributed by atoms with van der Waals surface area (Å²) in [6.45, 7) is 0. The van der Waals surface area contributed by atoms with Crippen molar-refractivity contribution in [3.8, 4) is 5.75 Å². The standard InChI is InChI=1S/C18H19NO5S/c20-18(21)13-5-11-17(12-6-13)25(22,23)19-14-7-9-16(10-8-14)24-15-3-1-2-4-15/h5-12,15,19H,1-4H2,(H,20,21). The highest BCUT2D eigenvalue weighted by atomic mass is 32.2. The van der Waals surface area contributed by atoms with Gasteiger partial charge in [0.15, 0.2) is 0 Å². The van der Waals surface area contributed by atoms with E-state index in [1.807, 2.05) is 0 Å². The van der Waals surface area contributed by atoms with Crippen molar-refractivity contribution in [1.29, 1.82) is 0 Å². The lowest BCUT2D eigenvalue weighted by molar-refractivity contribution is 0.0696. The largest absolute Gasteiger partial charge is 0.490 e. The Hall–Kier alpha value is -2.54. The minimum absolute atomic E-state index is 0.00350. The van der Waals surface area contributed by atoms with Crippen molar-refractivity contribution in [2.75, 3.05) is 4.72 Å². The van der Waals surface area contributed by atoms with Crippen LogP contribution in [0.5, 0.6) is 5.75 Å². The summed E-state index contributed by atoms with van der Waals surface area (Å²) in [6.07, 6.45) is 4.73. The van der Waals surface area contributed by atoms with Crippen molar-refractivity contribution in [3.05, 3.63) is 54.1 Å². The molecule has 0 aliphatic heterocycles. The topological polar surface area (TPSA) is 92.7 Å². The van der Waals surface area contributed by atoms with Crippen LogP contribution < -0.4 is 9.46 Å². The highest BCUT2D eigenvalue weighted by Crippen LogP contribution is 2.25. The molecule has 0 heterocycles. The van der Waals surface area contributed by atoms with E-state index in [-0.39, 0.29) is 16.6 Å². The summed E-state index contributed by atoms with van der Waals surface area (Å²) in [5.41, 5.74) is 0.452. The molecule has 1 saturated carbocycles. The van der Waals surface area contributed by atoms with Crippen LogP contribution in [0.4, 0.5) is 5.69 Å². The van der Waals surface area contributed by atoms with Crippen LogP contribution in [0.3, 0.4) is 0 Å². The Bertz CT molecular complexity index is 838. The smallest absolute Gasteiger partial charge is 0.335 e. The molecule has 0 aromatic heterocycles. The molecule has 2 N–H and O–H groups in total. The summed E-state index contributed by atoms with van der Waals surface area (Å²) in [7, 11) is -3.77. The average molecular weight is 361 g/mol. The number of carbonyl (C=O) groups is 1. The molecular weight excluding hydrogens is 342 g/mol. The Labute approximate surface area is 146 Å². The van der Waals surface area contributed by atoms with E-state index in [2.05, 4.69) is 4.72 Å². The van der Waals surface area contributed by atoms with Crippen molar-refractivity contribution >= 4 is 21.7 Å². The molecule has 1 fully saturated rings. The summed E-state index contributed by atoms with van der Waals surface area (Å²) in [5, 5.41) is 8.86. The zero-order chi connectivity index (χ0) is 17.9. The van der Waals surface area contributed by atoms with E-state index in [1.165, 1.54) is 37.1 Å². The molecule has 0 amide bonds. The minimum Gasteiger partial charge on any atom is -0.490 e. The van der Waals surface area contributed by atoms with Gasteiger partial charge in [-0.25, -0.2) is 13.2 Å². The van der Waals surface area contributed by atoms with E-state index in [0.717, 1.165) is 18.6 Å². The monoisotopic (exact) mass is 361 g/mol. The molecule has 132 valence electrons. The first-order valence-corrected chi connectivity index (χ1v) is 9.55. The molecule has 2 aromatic rings. The number of anilines is 1. The van der Waals surface area contributed by atoms with E-state index in [9.17, 15) is 13.2 Å². The number of rotatable bonds is 6. The number of benzene rings is 2. The quantitative estimate of drug-likeness (QED) is 0.821. The maximum absolute atomic E-state index is 12.4. The summed E-state index contributed by atoms with van der Waals surface area (Å²) < 4.78 is 33.0. The van der Waals surface area contributed by atoms with Crippen LogP contribution in [-0.2, 0) is 10.0 Å². The van der Waals surface area contributed by atoms with E-state index < -0.39 is 16.0 Å². The van der Waals surface area contributed by atoms with Gasteiger partial charge in [0, 0.05) is 5.69 Å². The molecular formula is C18H19NO5S. The average Bonchev–Trinajstić information content (AvgIpc) is 3.09. The summed E-state index contributed by atoms with van der Waals surface area (Å²) >= 11 is 0. The summed E-state index contributed by atoms with van der Waals surface area (Å²) in [6, 6.07) is 11.8. The maximum atomic E-state index is 12.4. The van der Waals surface area contributed by atoms with Crippen LogP contribution in [0, 0.1) is 0 Å². The summed E-state index contributed by atoms with van der Waals surface area (Å²) in [5.74, 6) is -0.379. The predicted molar refractivity (Wildman–Crippen MR) is 93.5 cm³/mol. The Morgan fingerprint density at radius 3 is 2.16 bits per heavy atom. The first-order chi connectivity index (χ1) is 11.9. The Morgan fingerprint density at radius 1 is 1.00 bits per heavy atom. The maximum Gasteiger partial charge on any atom is 0.335 e. The SMILES string of the molecule is O=C(O)c1ccc(S(=O)(=O)Nc2ccc(OC3CCCC3)cc2)cc1. The number of ether oxygens (including phenoxy) is 1. The van der Waals surface area contributed by atoms with Crippen LogP contribution in [0.25, 0.3) is 0 Å². The third-order valence-electron chi connectivity index (χ3n) is 4.12. The van der Waals surface area contributed by atoms with Gasteiger partial charge in [0.1, 0.15) is 5.75 Å². The van der Waals surface area contributed by atoms with Crippen molar-refractivity contribution in [3.63, 3.8) is 0 Å². The lowest BCUT2D eigenvalue weighted by atomic mass is 10.2. The van der Waals surface area contributed by atoms with E-state index in [0.29, 0.717) is 5.69 Å². The number of sulfonamides is 1. The first kappa shape index (κ1) is 17.3. The van der Waals surface area contributed by atoms with Crippen LogP contribution in [0.1, 0.15) is 36.0 Å². The van der Waals surface area contributed by atoms with Crippen molar-refractivity contribution in [1.82, 2.24) is 0 Å². The molecule has 1 aliphatic carbocycles. The van der Waals surface area contributed by atoms with Crippen LogP contribution in [-0.4, -0.2) is 25.6 Å². The second-order valence-electron chi connectivity index (χ2n) is 5.98. The molecule has 3 rings (SSSR count). The number of carboxylic acid groups (broad SMARTS) is 1. The van der Waals surface area contributed by atoms with Gasteiger partial charge < -0.3 is 9.84 Å². The number of hydrogen-bond donors (Lipinski definition) is 2. The van der Waals surface area contributed by atoms with Crippen LogP contribution in [0.2, 0.25) is 0 Å². The molecule has 25 heavy (non-hydrogen) atoms. The van der Waals surface area contributed by atoms with Crippen molar-refractivity contribution in [2.24, 2.45) is 0 Å². The molecule has 0 bridgehead atoms. The third kappa shape index (κ3) is 4.30. The van der Waals surface area contributed by atoms with E-state index in [1.54, 1.807) is 24.3 Å². The minimum atomic E-state index is -3.77. The fourth-order valence-corrected chi connectivity index (χ4v) is 3.85. The Balaban J connectivity index is 1.68. The lowest BCUT2D eigenvalue weighted by Crippen LogP contribution is -2.13. The molecule has 0 atom stereocenters. The van der Waals surface area contributed by atoms with Crippen LogP contribution in [0.15, 0.2) is 53.4 Å². The van der Waals surface area contributed by atoms with Gasteiger partial charge in [-0.2, -0.15) is 0 Å². The van der Waals surface area contributed by atoms with E-state index in [4.69, 9.17) is 9.84 Å². The predicted octanol–water partition coefficient (Wildman–Crippen LogP) is 3.51. The van der Waals surface area contributed by atoms with Crippen molar-refractivity contribution in [2.45, 2.75) is 36.7 Å². The second kappa shape index (κ2) is 7.14. The van der Waals surface area contributed by atoms with Crippen molar-refractivity contribution < 1.29 is 23.1 Å². The van der Waals surface area contributed by atoms with Gasteiger partial charge in [-0.1, -0.05) is 0 Å². The molecule has 7 heteroatoms. The van der Waals surface area contributed by atoms with Gasteiger partial charge in [-0.15, -0.1) is 0 Å². The Morgan fingerprint density at radius 2 is 1.60 bits per heavy atom. The molecule has 0 saturated heterocycles. The number of hydrogen-bond acceptors (Lipinski definition) is 4. The lowest BCUT2D eigenvalue weighted by Gasteiger charge is -2.14. The van der Waals surface area contributed by atoms with Gasteiger partial charge in [-0.3, -0.25) is 4.72 Å². The normalized spacial score (nSPS) is 15.0. The molecule has 0 radical (unpaired) electrons. The number of carboxylic acids is 1. The van der Waals surface area contributed by atoms with Gasteiger partial charge >= 0.3 is 5.97 Å². The molecule has 0 unspecified atom stereocenters.